The molecule has 3 unspecified atom stereocenters. The first kappa shape index (κ1) is 14.0. The van der Waals surface area contributed by atoms with Crippen LogP contribution >= 0.6 is 0 Å². The molecule has 16 heavy (non-hydrogen) atoms. The van der Waals surface area contributed by atoms with E-state index in [0.717, 1.165) is 11.8 Å². The molecule has 1 N–H and O–H groups in total. The highest BCUT2D eigenvalue weighted by molar-refractivity contribution is 4.92. The van der Waals surface area contributed by atoms with Crippen molar-refractivity contribution in [1.82, 2.24) is 4.90 Å². The van der Waals surface area contributed by atoms with Gasteiger partial charge in [-0.3, -0.25) is 0 Å². The molecule has 0 saturated heterocycles. The van der Waals surface area contributed by atoms with Crippen LogP contribution in [0.25, 0.3) is 0 Å². The van der Waals surface area contributed by atoms with Crippen LogP contribution in [0, 0.1) is 17.8 Å². The first-order valence-corrected chi connectivity index (χ1v) is 6.60. The van der Waals surface area contributed by atoms with Gasteiger partial charge in [-0.25, -0.2) is 0 Å². The van der Waals surface area contributed by atoms with Crippen molar-refractivity contribution in [3.05, 3.63) is 0 Å². The molecule has 1 saturated carbocycles. The van der Waals surface area contributed by atoms with Crippen LogP contribution in [-0.2, 0) is 0 Å². The average Bonchev–Trinajstić information content (AvgIpc) is 2.14. The molecule has 0 bridgehead atoms. The fraction of sp³-hybridized carbons (Fsp3) is 1.00. The van der Waals surface area contributed by atoms with E-state index in [4.69, 9.17) is 0 Å². The molecule has 1 aliphatic carbocycles. The van der Waals surface area contributed by atoms with Crippen molar-refractivity contribution in [2.24, 2.45) is 17.8 Å². The monoisotopic (exact) mass is 227 g/mol. The SMILES string of the molecule is CC1CC(C)CC(C(O)C(C)(C)N(C)C)C1. The second kappa shape index (κ2) is 5.05. The summed E-state index contributed by atoms with van der Waals surface area (Å²) in [6.45, 7) is 8.92. The van der Waals surface area contributed by atoms with Crippen molar-refractivity contribution in [1.29, 1.82) is 0 Å². The van der Waals surface area contributed by atoms with Crippen LogP contribution in [0.2, 0.25) is 0 Å². The van der Waals surface area contributed by atoms with Crippen molar-refractivity contribution in [2.45, 2.75) is 58.6 Å². The summed E-state index contributed by atoms with van der Waals surface area (Å²) >= 11 is 0. The van der Waals surface area contributed by atoms with E-state index in [1.807, 2.05) is 0 Å². The van der Waals surface area contributed by atoms with Crippen LogP contribution in [0.15, 0.2) is 0 Å². The Labute approximate surface area is 101 Å². The van der Waals surface area contributed by atoms with Crippen molar-refractivity contribution in [3.8, 4) is 0 Å². The van der Waals surface area contributed by atoms with Gasteiger partial charge >= 0.3 is 0 Å². The summed E-state index contributed by atoms with van der Waals surface area (Å²) in [6, 6.07) is 0. The van der Waals surface area contributed by atoms with Gasteiger partial charge in [0.1, 0.15) is 0 Å². The zero-order valence-electron chi connectivity index (χ0n) is 11.8. The van der Waals surface area contributed by atoms with Crippen molar-refractivity contribution < 1.29 is 5.11 Å². The maximum Gasteiger partial charge on any atom is 0.0746 e. The molecule has 0 spiro atoms. The van der Waals surface area contributed by atoms with E-state index in [9.17, 15) is 5.11 Å². The van der Waals surface area contributed by atoms with Crippen LogP contribution < -0.4 is 0 Å². The predicted octanol–water partition coefficient (Wildman–Crippen LogP) is 2.76. The summed E-state index contributed by atoms with van der Waals surface area (Å²) in [4.78, 5) is 2.14. The molecule has 96 valence electrons. The van der Waals surface area contributed by atoms with Gasteiger partial charge in [0, 0.05) is 5.54 Å². The Hall–Kier alpha value is -0.0800. The fourth-order valence-electron chi connectivity index (χ4n) is 3.11. The smallest absolute Gasteiger partial charge is 0.0746 e. The molecular formula is C14H29NO. The van der Waals surface area contributed by atoms with E-state index in [1.54, 1.807) is 0 Å². The molecule has 1 rings (SSSR count). The van der Waals surface area contributed by atoms with E-state index >= 15 is 0 Å². The fourth-order valence-corrected chi connectivity index (χ4v) is 3.11. The van der Waals surface area contributed by atoms with Gasteiger partial charge in [-0.2, -0.15) is 0 Å². The topological polar surface area (TPSA) is 23.5 Å². The molecule has 0 heterocycles. The molecule has 0 radical (unpaired) electrons. The molecule has 0 aromatic heterocycles. The molecule has 0 aliphatic heterocycles. The highest BCUT2D eigenvalue weighted by Gasteiger charge is 2.38. The lowest BCUT2D eigenvalue weighted by atomic mass is 9.71. The maximum absolute atomic E-state index is 10.6. The van der Waals surface area contributed by atoms with Gasteiger partial charge in [0.25, 0.3) is 0 Å². The Balaban J connectivity index is 2.69. The minimum Gasteiger partial charge on any atom is -0.391 e. The van der Waals surface area contributed by atoms with E-state index in [2.05, 4.69) is 46.7 Å². The average molecular weight is 227 g/mol. The Bertz CT molecular complexity index is 215. The lowest BCUT2D eigenvalue weighted by Gasteiger charge is -2.44. The summed E-state index contributed by atoms with van der Waals surface area (Å²) in [5.41, 5.74) is -0.124. The standard InChI is InChI=1S/C14H29NO/c1-10-7-11(2)9-12(8-10)13(16)14(3,4)15(5)6/h10-13,16H,7-9H2,1-6H3. The molecular weight excluding hydrogens is 198 g/mol. The number of aliphatic hydroxyl groups excluding tert-OH is 1. The summed E-state index contributed by atoms with van der Waals surface area (Å²) in [6.07, 6.45) is 3.48. The minimum atomic E-state index is -0.215. The van der Waals surface area contributed by atoms with Gasteiger partial charge in [0.05, 0.1) is 6.10 Å². The highest BCUT2D eigenvalue weighted by atomic mass is 16.3. The molecule has 0 amide bonds. The Morgan fingerprint density at radius 3 is 1.88 bits per heavy atom. The lowest BCUT2D eigenvalue weighted by molar-refractivity contribution is -0.0427. The largest absolute Gasteiger partial charge is 0.391 e. The Kier molecular flexibility index (Phi) is 4.42. The van der Waals surface area contributed by atoms with Crippen LogP contribution in [0.4, 0.5) is 0 Å². The van der Waals surface area contributed by atoms with Crippen LogP contribution in [0.5, 0.6) is 0 Å². The van der Waals surface area contributed by atoms with E-state index < -0.39 is 0 Å². The zero-order chi connectivity index (χ0) is 12.5. The number of hydrogen-bond acceptors (Lipinski definition) is 2. The first-order valence-electron chi connectivity index (χ1n) is 6.60. The minimum absolute atomic E-state index is 0.124. The van der Waals surface area contributed by atoms with Crippen molar-refractivity contribution >= 4 is 0 Å². The van der Waals surface area contributed by atoms with Gasteiger partial charge in [-0.05, 0) is 65.0 Å². The van der Waals surface area contributed by atoms with E-state index in [1.165, 1.54) is 19.3 Å². The van der Waals surface area contributed by atoms with Gasteiger partial charge in [-0.1, -0.05) is 13.8 Å². The quantitative estimate of drug-likeness (QED) is 0.801. The summed E-state index contributed by atoms with van der Waals surface area (Å²) in [5.74, 6) is 2.00. The molecule has 3 atom stereocenters. The Morgan fingerprint density at radius 2 is 1.50 bits per heavy atom. The van der Waals surface area contributed by atoms with E-state index in [-0.39, 0.29) is 11.6 Å². The maximum atomic E-state index is 10.6. The predicted molar refractivity (Wildman–Crippen MR) is 69.4 cm³/mol. The normalized spacial score (nSPS) is 34.1. The van der Waals surface area contributed by atoms with Gasteiger partial charge in [-0.15, -0.1) is 0 Å². The lowest BCUT2D eigenvalue weighted by Crippen LogP contribution is -2.52. The third-order valence-corrected chi connectivity index (χ3v) is 4.54. The van der Waals surface area contributed by atoms with Crippen LogP contribution in [-0.4, -0.2) is 35.7 Å². The Morgan fingerprint density at radius 1 is 1.06 bits per heavy atom. The number of likely N-dealkylation sites (N-methyl/N-ethyl adjacent to an activating group) is 1. The number of rotatable bonds is 3. The molecule has 2 nitrogen and oxygen atoms in total. The second-order valence-corrected chi connectivity index (χ2v) is 6.67. The molecule has 1 aliphatic rings. The van der Waals surface area contributed by atoms with Gasteiger partial charge in [0.15, 0.2) is 0 Å². The third-order valence-electron chi connectivity index (χ3n) is 4.54. The molecule has 0 aromatic rings. The van der Waals surface area contributed by atoms with E-state index in [0.29, 0.717) is 5.92 Å². The third kappa shape index (κ3) is 2.98. The molecule has 2 heteroatoms. The molecule has 1 fully saturated rings. The number of nitrogens with zero attached hydrogens (tertiary/aromatic N) is 1. The van der Waals surface area contributed by atoms with Gasteiger partial charge < -0.3 is 10.0 Å². The highest BCUT2D eigenvalue weighted by Crippen LogP contribution is 2.38. The second-order valence-electron chi connectivity index (χ2n) is 6.67. The summed E-state index contributed by atoms with van der Waals surface area (Å²) < 4.78 is 0. The number of hydrogen-bond donors (Lipinski definition) is 1. The summed E-state index contributed by atoms with van der Waals surface area (Å²) in [7, 11) is 4.11. The van der Waals surface area contributed by atoms with Crippen LogP contribution in [0.3, 0.4) is 0 Å². The van der Waals surface area contributed by atoms with Crippen LogP contribution in [0.1, 0.15) is 47.0 Å². The zero-order valence-corrected chi connectivity index (χ0v) is 11.8. The first-order chi connectivity index (χ1) is 7.25. The number of aliphatic hydroxyl groups is 1. The summed E-state index contributed by atoms with van der Waals surface area (Å²) in [5, 5.41) is 10.6. The van der Waals surface area contributed by atoms with Crippen molar-refractivity contribution in [2.75, 3.05) is 14.1 Å². The van der Waals surface area contributed by atoms with Crippen molar-refractivity contribution in [3.63, 3.8) is 0 Å². The molecule has 0 aromatic carbocycles. The van der Waals surface area contributed by atoms with Gasteiger partial charge in [0.2, 0.25) is 0 Å².